The Balaban J connectivity index is 1.42. The molecule has 0 saturated carbocycles. The van der Waals surface area contributed by atoms with Crippen molar-refractivity contribution in [2.24, 2.45) is 0 Å². The van der Waals surface area contributed by atoms with E-state index in [0.29, 0.717) is 37.6 Å². The van der Waals surface area contributed by atoms with Crippen LogP contribution < -0.4 is 9.64 Å². The second-order valence-corrected chi connectivity index (χ2v) is 6.93. The van der Waals surface area contributed by atoms with Crippen molar-refractivity contribution >= 4 is 11.7 Å². The number of anilines is 1. The molecule has 1 amide bonds. The minimum Gasteiger partial charge on any atom is -0.480 e. The van der Waals surface area contributed by atoms with Crippen LogP contribution in [0.5, 0.6) is 5.88 Å². The van der Waals surface area contributed by atoms with Crippen molar-refractivity contribution in [3.05, 3.63) is 65.9 Å². The lowest BCUT2D eigenvalue weighted by molar-refractivity contribution is 0.0742. The summed E-state index contributed by atoms with van der Waals surface area (Å²) in [7, 11) is 1.52. The van der Waals surface area contributed by atoms with Gasteiger partial charge in [-0.05, 0) is 36.8 Å². The minimum absolute atomic E-state index is 0.0596. The number of piperazine rings is 1. The summed E-state index contributed by atoms with van der Waals surface area (Å²) in [4.78, 5) is 20.9. The smallest absolute Gasteiger partial charge is 0.259 e. The van der Waals surface area contributed by atoms with Crippen LogP contribution in [0.3, 0.4) is 0 Å². The van der Waals surface area contributed by atoms with Gasteiger partial charge in [-0.25, -0.2) is 4.98 Å². The maximum Gasteiger partial charge on any atom is 0.259 e. The topological polar surface area (TPSA) is 71.5 Å². The van der Waals surface area contributed by atoms with Crippen molar-refractivity contribution in [1.29, 1.82) is 0 Å². The van der Waals surface area contributed by atoms with Crippen molar-refractivity contribution in [2.75, 3.05) is 38.2 Å². The van der Waals surface area contributed by atoms with Crippen LogP contribution in [0.15, 0.2) is 54.7 Å². The van der Waals surface area contributed by atoms with Gasteiger partial charge in [-0.15, -0.1) is 10.2 Å². The second kappa shape index (κ2) is 8.26. The van der Waals surface area contributed by atoms with Gasteiger partial charge in [0.1, 0.15) is 5.56 Å². The molecule has 148 valence electrons. The molecule has 0 spiro atoms. The molecule has 7 nitrogen and oxygen atoms in total. The van der Waals surface area contributed by atoms with E-state index in [2.05, 4.69) is 39.1 Å². The largest absolute Gasteiger partial charge is 0.480 e. The van der Waals surface area contributed by atoms with Crippen molar-refractivity contribution in [2.45, 2.75) is 6.92 Å². The molecule has 4 rings (SSSR count). The standard InChI is InChI=1S/C22H23N5O2/c1-16-6-3-4-7-17(16)19-9-10-20(25-24-19)26-12-14-27(15-13-26)22(28)18-8-5-11-23-21(18)29-2/h3-11H,12-15H2,1-2H3. The molecule has 0 bridgehead atoms. The van der Waals surface area contributed by atoms with E-state index in [9.17, 15) is 4.79 Å². The molecule has 0 aliphatic carbocycles. The second-order valence-electron chi connectivity index (χ2n) is 6.93. The minimum atomic E-state index is -0.0596. The number of benzene rings is 1. The first-order chi connectivity index (χ1) is 14.2. The van der Waals surface area contributed by atoms with Crippen LogP contribution in [0.2, 0.25) is 0 Å². The van der Waals surface area contributed by atoms with Crippen molar-refractivity contribution < 1.29 is 9.53 Å². The van der Waals surface area contributed by atoms with E-state index >= 15 is 0 Å². The maximum absolute atomic E-state index is 12.8. The van der Waals surface area contributed by atoms with E-state index in [0.717, 1.165) is 17.1 Å². The quantitative estimate of drug-likeness (QED) is 0.683. The molecule has 0 N–H and O–H groups in total. The Morgan fingerprint density at radius 2 is 1.76 bits per heavy atom. The van der Waals surface area contributed by atoms with Crippen LogP contribution in [-0.4, -0.2) is 59.3 Å². The fourth-order valence-corrected chi connectivity index (χ4v) is 3.52. The molecule has 2 aromatic heterocycles. The number of carbonyl (C=O) groups excluding carboxylic acids is 1. The number of hydrogen-bond donors (Lipinski definition) is 0. The van der Waals surface area contributed by atoms with Gasteiger partial charge < -0.3 is 14.5 Å². The van der Waals surface area contributed by atoms with Gasteiger partial charge >= 0.3 is 0 Å². The number of hydrogen-bond acceptors (Lipinski definition) is 6. The van der Waals surface area contributed by atoms with E-state index in [4.69, 9.17) is 4.74 Å². The van der Waals surface area contributed by atoms with Crippen LogP contribution in [0.1, 0.15) is 15.9 Å². The average Bonchev–Trinajstić information content (AvgIpc) is 2.79. The first-order valence-electron chi connectivity index (χ1n) is 9.60. The monoisotopic (exact) mass is 389 g/mol. The zero-order valence-electron chi connectivity index (χ0n) is 16.6. The van der Waals surface area contributed by atoms with Gasteiger partial charge in [0.25, 0.3) is 5.91 Å². The van der Waals surface area contributed by atoms with E-state index < -0.39 is 0 Å². The van der Waals surface area contributed by atoms with Crippen molar-refractivity contribution in [3.8, 4) is 17.1 Å². The third-order valence-corrected chi connectivity index (χ3v) is 5.16. The number of ether oxygens (including phenoxy) is 1. The van der Waals surface area contributed by atoms with Gasteiger partial charge in [0, 0.05) is 37.9 Å². The zero-order chi connectivity index (χ0) is 20.2. The molecule has 3 heterocycles. The highest BCUT2D eigenvalue weighted by atomic mass is 16.5. The van der Waals surface area contributed by atoms with E-state index in [1.54, 1.807) is 18.3 Å². The Labute approximate surface area is 170 Å². The van der Waals surface area contributed by atoms with E-state index in [1.165, 1.54) is 12.7 Å². The van der Waals surface area contributed by atoms with Crippen molar-refractivity contribution in [3.63, 3.8) is 0 Å². The fourth-order valence-electron chi connectivity index (χ4n) is 3.52. The Kier molecular flexibility index (Phi) is 5.37. The predicted octanol–water partition coefficient (Wildman–Crippen LogP) is 2.82. The molecule has 1 aromatic carbocycles. The number of pyridine rings is 1. The lowest BCUT2D eigenvalue weighted by atomic mass is 10.1. The van der Waals surface area contributed by atoms with Gasteiger partial charge in [0.2, 0.25) is 5.88 Å². The van der Waals surface area contributed by atoms with Crippen LogP contribution in [0.4, 0.5) is 5.82 Å². The first-order valence-corrected chi connectivity index (χ1v) is 9.60. The number of nitrogens with zero attached hydrogens (tertiary/aromatic N) is 5. The molecule has 3 aromatic rings. The van der Waals surface area contributed by atoms with Gasteiger partial charge in [-0.3, -0.25) is 4.79 Å². The average molecular weight is 389 g/mol. The van der Waals surface area contributed by atoms with Gasteiger partial charge in [0.05, 0.1) is 12.8 Å². The van der Waals surface area contributed by atoms with Crippen molar-refractivity contribution in [1.82, 2.24) is 20.1 Å². The number of amides is 1. The fraction of sp³-hybridized carbons (Fsp3) is 0.273. The zero-order valence-corrected chi connectivity index (χ0v) is 16.6. The summed E-state index contributed by atoms with van der Waals surface area (Å²) in [6.45, 7) is 4.69. The number of aryl methyl sites for hydroxylation is 1. The number of methoxy groups -OCH3 is 1. The summed E-state index contributed by atoms with van der Waals surface area (Å²) in [6, 6.07) is 15.6. The molecule has 29 heavy (non-hydrogen) atoms. The normalized spacial score (nSPS) is 14.0. The third kappa shape index (κ3) is 3.89. The highest BCUT2D eigenvalue weighted by Gasteiger charge is 2.25. The predicted molar refractivity (Wildman–Crippen MR) is 111 cm³/mol. The SMILES string of the molecule is COc1ncccc1C(=O)N1CCN(c2ccc(-c3ccccc3C)nn2)CC1. The molecule has 0 unspecified atom stereocenters. The number of rotatable bonds is 4. The Morgan fingerprint density at radius 3 is 2.45 bits per heavy atom. The molecule has 1 fully saturated rings. The van der Waals surface area contributed by atoms with Crippen LogP contribution in [0, 0.1) is 6.92 Å². The Hall–Kier alpha value is -3.48. The Bertz CT molecular complexity index is 998. The molecule has 1 saturated heterocycles. The van der Waals surface area contributed by atoms with Crippen LogP contribution in [-0.2, 0) is 0 Å². The molecule has 0 radical (unpaired) electrons. The molecule has 1 aliphatic heterocycles. The van der Waals surface area contributed by atoms with Crippen LogP contribution >= 0.6 is 0 Å². The summed E-state index contributed by atoms with van der Waals surface area (Å²) in [5.41, 5.74) is 3.62. The van der Waals surface area contributed by atoms with E-state index in [-0.39, 0.29) is 5.91 Å². The third-order valence-electron chi connectivity index (χ3n) is 5.16. The maximum atomic E-state index is 12.8. The number of aromatic nitrogens is 3. The molecular weight excluding hydrogens is 366 g/mol. The molecule has 7 heteroatoms. The highest BCUT2D eigenvalue weighted by molar-refractivity contribution is 5.96. The molecule has 0 atom stereocenters. The van der Waals surface area contributed by atoms with Gasteiger partial charge in [-0.1, -0.05) is 24.3 Å². The first kappa shape index (κ1) is 18.9. The lowest BCUT2D eigenvalue weighted by Crippen LogP contribution is -2.49. The summed E-state index contributed by atoms with van der Waals surface area (Å²) < 4.78 is 5.22. The highest BCUT2D eigenvalue weighted by Crippen LogP contribution is 2.23. The summed E-state index contributed by atoms with van der Waals surface area (Å²) >= 11 is 0. The summed E-state index contributed by atoms with van der Waals surface area (Å²) in [6.07, 6.45) is 1.62. The summed E-state index contributed by atoms with van der Waals surface area (Å²) in [5, 5.41) is 8.83. The lowest BCUT2D eigenvalue weighted by Gasteiger charge is -2.35. The number of carbonyl (C=O) groups is 1. The Morgan fingerprint density at radius 1 is 0.966 bits per heavy atom. The van der Waals surface area contributed by atoms with Gasteiger partial charge in [-0.2, -0.15) is 0 Å². The molecular formula is C22H23N5O2. The van der Waals surface area contributed by atoms with E-state index in [1.807, 2.05) is 29.2 Å². The van der Waals surface area contributed by atoms with Gasteiger partial charge in [0.15, 0.2) is 5.82 Å². The van der Waals surface area contributed by atoms with Crippen LogP contribution in [0.25, 0.3) is 11.3 Å². The molecule has 1 aliphatic rings. The summed E-state index contributed by atoms with van der Waals surface area (Å²) in [5.74, 6) is 1.13.